The highest BCUT2D eigenvalue weighted by Crippen LogP contribution is 2.44. The number of amides is 1. The summed E-state index contributed by atoms with van der Waals surface area (Å²) in [4.78, 5) is 16.0. The first-order valence-electron chi connectivity index (χ1n) is 6.52. The van der Waals surface area contributed by atoms with E-state index in [1.54, 1.807) is 0 Å². The summed E-state index contributed by atoms with van der Waals surface area (Å²) < 4.78 is 0. The van der Waals surface area contributed by atoms with E-state index in [9.17, 15) is 4.79 Å². The van der Waals surface area contributed by atoms with Gasteiger partial charge in [0.25, 0.3) is 0 Å². The number of nitrogens with one attached hydrogen (secondary N) is 2. The SMILES string of the molecule is Cc1nc(SCC(=O)N[C@@H]2C[C@@H]3CC[C@@H]2C3)n[nH]1. The lowest BCUT2D eigenvalue weighted by Crippen LogP contribution is -2.39. The number of aryl methyl sites for hydroxylation is 1. The monoisotopic (exact) mass is 266 g/mol. The van der Waals surface area contributed by atoms with E-state index in [1.165, 1.54) is 37.4 Å². The second-order valence-electron chi connectivity index (χ2n) is 5.34. The van der Waals surface area contributed by atoms with Crippen molar-refractivity contribution in [1.82, 2.24) is 20.5 Å². The summed E-state index contributed by atoms with van der Waals surface area (Å²) in [5, 5.41) is 10.6. The Hall–Kier alpha value is -1.04. The molecule has 2 bridgehead atoms. The third kappa shape index (κ3) is 2.53. The lowest BCUT2D eigenvalue weighted by atomic mass is 9.95. The van der Waals surface area contributed by atoms with Crippen LogP contribution in [0.2, 0.25) is 0 Å². The van der Waals surface area contributed by atoms with Gasteiger partial charge in [-0.1, -0.05) is 18.2 Å². The maximum absolute atomic E-state index is 11.9. The van der Waals surface area contributed by atoms with Crippen LogP contribution in [0.15, 0.2) is 5.16 Å². The molecule has 1 heterocycles. The maximum atomic E-state index is 11.9. The number of aromatic amines is 1. The van der Waals surface area contributed by atoms with Gasteiger partial charge in [-0.2, -0.15) is 0 Å². The molecule has 2 aliphatic rings. The van der Waals surface area contributed by atoms with Gasteiger partial charge in [-0.05, 0) is 38.0 Å². The predicted molar refractivity (Wildman–Crippen MR) is 69.2 cm³/mol. The van der Waals surface area contributed by atoms with Crippen LogP contribution in [-0.2, 0) is 4.79 Å². The van der Waals surface area contributed by atoms with Gasteiger partial charge in [0, 0.05) is 6.04 Å². The van der Waals surface area contributed by atoms with Gasteiger partial charge in [0.15, 0.2) is 0 Å². The topological polar surface area (TPSA) is 70.7 Å². The maximum Gasteiger partial charge on any atom is 0.230 e. The minimum atomic E-state index is 0.111. The average Bonchev–Trinajstić information content (AvgIpc) is 3.03. The summed E-state index contributed by atoms with van der Waals surface area (Å²) in [7, 11) is 0. The molecule has 0 radical (unpaired) electrons. The largest absolute Gasteiger partial charge is 0.352 e. The van der Waals surface area contributed by atoms with Gasteiger partial charge in [0.2, 0.25) is 11.1 Å². The summed E-state index contributed by atoms with van der Waals surface area (Å²) in [6.45, 7) is 1.85. The fraction of sp³-hybridized carbons (Fsp3) is 0.750. The number of thioether (sulfide) groups is 1. The zero-order valence-electron chi connectivity index (χ0n) is 10.5. The first-order valence-corrected chi connectivity index (χ1v) is 7.50. The summed E-state index contributed by atoms with van der Waals surface area (Å²) in [6, 6.07) is 0.422. The molecule has 0 unspecified atom stereocenters. The zero-order valence-corrected chi connectivity index (χ0v) is 11.3. The lowest BCUT2D eigenvalue weighted by Gasteiger charge is -2.22. The van der Waals surface area contributed by atoms with E-state index in [0.29, 0.717) is 17.0 Å². The third-order valence-corrected chi connectivity index (χ3v) is 4.84. The van der Waals surface area contributed by atoms with Crippen LogP contribution in [0.25, 0.3) is 0 Å². The van der Waals surface area contributed by atoms with Crippen LogP contribution in [0.5, 0.6) is 0 Å². The fourth-order valence-corrected chi connectivity index (χ4v) is 3.84. The van der Waals surface area contributed by atoms with E-state index in [0.717, 1.165) is 17.7 Å². The van der Waals surface area contributed by atoms with Crippen LogP contribution in [-0.4, -0.2) is 32.9 Å². The highest BCUT2D eigenvalue weighted by Gasteiger charge is 2.39. The number of fused-ring (bicyclic) bond motifs is 2. The van der Waals surface area contributed by atoms with Crippen molar-refractivity contribution in [2.75, 3.05) is 5.75 Å². The second kappa shape index (κ2) is 4.91. The van der Waals surface area contributed by atoms with Gasteiger partial charge in [-0.3, -0.25) is 9.89 Å². The molecule has 0 aliphatic heterocycles. The van der Waals surface area contributed by atoms with Crippen molar-refractivity contribution in [1.29, 1.82) is 0 Å². The van der Waals surface area contributed by atoms with Gasteiger partial charge >= 0.3 is 0 Å². The first-order chi connectivity index (χ1) is 8.70. The van der Waals surface area contributed by atoms with Crippen LogP contribution < -0.4 is 5.32 Å². The molecule has 1 aromatic heterocycles. The van der Waals surface area contributed by atoms with Gasteiger partial charge in [0.05, 0.1) is 5.75 Å². The summed E-state index contributed by atoms with van der Waals surface area (Å²) >= 11 is 1.39. The van der Waals surface area contributed by atoms with E-state index < -0.39 is 0 Å². The van der Waals surface area contributed by atoms with E-state index >= 15 is 0 Å². The molecule has 5 nitrogen and oxygen atoms in total. The highest BCUT2D eigenvalue weighted by molar-refractivity contribution is 7.99. The number of nitrogens with zero attached hydrogens (tertiary/aromatic N) is 2. The van der Waals surface area contributed by atoms with Crippen LogP contribution in [0.3, 0.4) is 0 Å². The second-order valence-corrected chi connectivity index (χ2v) is 6.28. The smallest absolute Gasteiger partial charge is 0.230 e. The Balaban J connectivity index is 1.45. The van der Waals surface area contributed by atoms with Crippen molar-refractivity contribution < 1.29 is 4.79 Å². The summed E-state index contributed by atoms with van der Waals surface area (Å²) in [6.07, 6.45) is 5.16. The van der Waals surface area contributed by atoms with E-state index in [2.05, 4.69) is 20.5 Å². The Morgan fingerprint density at radius 2 is 2.39 bits per heavy atom. The van der Waals surface area contributed by atoms with Gasteiger partial charge in [-0.25, -0.2) is 4.98 Å². The molecule has 2 N–H and O–H groups in total. The number of carbonyl (C=O) groups is 1. The number of hydrogen-bond donors (Lipinski definition) is 2. The number of rotatable bonds is 4. The molecular formula is C12H18N4OS. The summed E-state index contributed by atoms with van der Waals surface area (Å²) in [5.41, 5.74) is 0. The van der Waals surface area contributed by atoms with Crippen molar-refractivity contribution in [3.05, 3.63) is 5.82 Å². The Bertz CT molecular complexity index is 447. The number of H-pyrrole nitrogens is 1. The van der Waals surface area contributed by atoms with Crippen molar-refractivity contribution in [3.63, 3.8) is 0 Å². The Morgan fingerprint density at radius 1 is 1.50 bits per heavy atom. The first kappa shape index (κ1) is 12.0. The molecule has 18 heavy (non-hydrogen) atoms. The number of hydrogen-bond acceptors (Lipinski definition) is 4. The fourth-order valence-electron chi connectivity index (χ4n) is 3.19. The minimum absolute atomic E-state index is 0.111. The molecule has 1 amide bonds. The van der Waals surface area contributed by atoms with Gasteiger partial charge in [-0.15, -0.1) is 5.10 Å². The lowest BCUT2D eigenvalue weighted by molar-refractivity contribution is -0.119. The Kier molecular flexibility index (Phi) is 3.28. The molecule has 0 aromatic carbocycles. The standard InChI is InChI=1S/C12H18N4OS/c1-7-13-12(16-15-7)18-6-11(17)14-10-5-8-2-3-9(10)4-8/h8-10H,2-6H2,1H3,(H,14,17)(H,13,15,16)/t8-,9-,10-/m1/s1. The van der Waals surface area contributed by atoms with Crippen LogP contribution in [0.4, 0.5) is 0 Å². The number of aromatic nitrogens is 3. The average molecular weight is 266 g/mol. The van der Waals surface area contributed by atoms with Crippen molar-refractivity contribution in [2.45, 2.75) is 43.8 Å². The molecule has 1 aromatic rings. The highest BCUT2D eigenvalue weighted by atomic mass is 32.2. The zero-order chi connectivity index (χ0) is 12.5. The predicted octanol–water partition coefficient (Wildman–Crippen LogP) is 1.51. The van der Waals surface area contributed by atoms with Crippen LogP contribution in [0.1, 0.15) is 31.5 Å². The molecule has 3 atom stereocenters. The minimum Gasteiger partial charge on any atom is -0.352 e. The van der Waals surface area contributed by atoms with Crippen molar-refractivity contribution in [2.24, 2.45) is 11.8 Å². The number of carbonyl (C=O) groups excluding carboxylic acids is 1. The van der Waals surface area contributed by atoms with Crippen molar-refractivity contribution in [3.8, 4) is 0 Å². The molecule has 6 heteroatoms. The quantitative estimate of drug-likeness (QED) is 0.810. The molecule has 98 valence electrons. The van der Waals surface area contributed by atoms with Crippen molar-refractivity contribution >= 4 is 17.7 Å². The van der Waals surface area contributed by atoms with Crippen LogP contribution >= 0.6 is 11.8 Å². The van der Waals surface area contributed by atoms with E-state index in [-0.39, 0.29) is 5.91 Å². The van der Waals surface area contributed by atoms with Gasteiger partial charge < -0.3 is 5.32 Å². The molecular weight excluding hydrogens is 248 g/mol. The molecule has 0 saturated heterocycles. The summed E-state index contributed by atoms with van der Waals surface area (Å²) in [5.74, 6) is 2.90. The Labute approximate surface area is 111 Å². The Morgan fingerprint density at radius 3 is 3.00 bits per heavy atom. The molecule has 2 saturated carbocycles. The molecule has 2 aliphatic carbocycles. The molecule has 2 fully saturated rings. The van der Waals surface area contributed by atoms with Crippen LogP contribution in [0, 0.1) is 18.8 Å². The van der Waals surface area contributed by atoms with E-state index in [4.69, 9.17) is 0 Å². The normalized spacial score (nSPS) is 29.7. The third-order valence-electron chi connectivity index (χ3n) is 3.99. The molecule has 0 spiro atoms. The van der Waals surface area contributed by atoms with E-state index in [1.807, 2.05) is 6.92 Å². The van der Waals surface area contributed by atoms with Gasteiger partial charge in [0.1, 0.15) is 5.82 Å². The molecule has 3 rings (SSSR count).